The van der Waals surface area contributed by atoms with E-state index in [0.717, 1.165) is 47.3 Å². The zero-order valence-corrected chi connectivity index (χ0v) is 19.4. The van der Waals surface area contributed by atoms with Gasteiger partial charge in [-0.1, -0.05) is 66.0 Å². The van der Waals surface area contributed by atoms with Crippen LogP contribution in [0.4, 0.5) is 0 Å². The van der Waals surface area contributed by atoms with Crippen molar-refractivity contribution < 1.29 is 4.52 Å². The second-order valence-electron chi connectivity index (χ2n) is 7.73. The number of aryl methyl sites for hydroxylation is 1. The molecule has 1 aliphatic heterocycles. The van der Waals surface area contributed by atoms with Crippen LogP contribution in [0.3, 0.4) is 0 Å². The Kier molecular flexibility index (Phi) is 6.39. The van der Waals surface area contributed by atoms with Crippen molar-refractivity contribution >= 4 is 34.5 Å². The van der Waals surface area contributed by atoms with E-state index in [1.807, 2.05) is 55.5 Å². The van der Waals surface area contributed by atoms with E-state index in [-0.39, 0.29) is 6.04 Å². The van der Waals surface area contributed by atoms with E-state index in [9.17, 15) is 0 Å². The first kappa shape index (κ1) is 21.5. The van der Waals surface area contributed by atoms with Crippen molar-refractivity contribution in [3.8, 4) is 11.4 Å². The minimum Gasteiger partial charge on any atom is -0.351 e. The highest BCUT2D eigenvalue weighted by Crippen LogP contribution is 2.38. The largest absolute Gasteiger partial charge is 0.351 e. The number of nitrogens with one attached hydrogen (secondary N) is 1. The summed E-state index contributed by atoms with van der Waals surface area (Å²) in [5.74, 6) is 1.05. The van der Waals surface area contributed by atoms with E-state index in [4.69, 9.17) is 33.3 Å². The molecule has 160 valence electrons. The van der Waals surface area contributed by atoms with Crippen molar-refractivity contribution in [2.45, 2.75) is 39.7 Å². The molecule has 5 nitrogen and oxygen atoms in total. The molecule has 0 bridgehead atoms. The van der Waals surface area contributed by atoms with Crippen molar-refractivity contribution in [3.63, 3.8) is 0 Å². The molecule has 7 heteroatoms. The van der Waals surface area contributed by atoms with Crippen molar-refractivity contribution in [2.24, 2.45) is 0 Å². The molecule has 1 atom stereocenters. The van der Waals surface area contributed by atoms with Gasteiger partial charge in [-0.25, -0.2) is 0 Å². The first-order chi connectivity index (χ1) is 15.0. The Balaban J connectivity index is 1.81. The Bertz CT molecular complexity index is 1140. The van der Waals surface area contributed by atoms with E-state index in [0.29, 0.717) is 21.9 Å². The van der Waals surface area contributed by atoms with Crippen LogP contribution in [-0.2, 0) is 0 Å². The van der Waals surface area contributed by atoms with Crippen molar-refractivity contribution in [1.82, 2.24) is 20.4 Å². The SMILES string of the molecule is CCCCN1C(=S)NC(c2cccc(Cl)c2)C(c2nc(-c3cccc(C)c3)no2)=C1C. The highest BCUT2D eigenvalue weighted by Gasteiger charge is 2.33. The normalized spacial score (nSPS) is 16.6. The summed E-state index contributed by atoms with van der Waals surface area (Å²) >= 11 is 12.0. The Morgan fingerprint density at radius 1 is 1.16 bits per heavy atom. The van der Waals surface area contributed by atoms with Gasteiger partial charge in [-0.15, -0.1) is 0 Å². The van der Waals surface area contributed by atoms with E-state index >= 15 is 0 Å². The minimum absolute atomic E-state index is 0.227. The van der Waals surface area contributed by atoms with Crippen LogP contribution < -0.4 is 5.32 Å². The fourth-order valence-electron chi connectivity index (χ4n) is 3.81. The lowest BCUT2D eigenvalue weighted by molar-refractivity contribution is 0.395. The number of rotatable bonds is 6. The molecule has 2 aromatic carbocycles. The number of nitrogens with zero attached hydrogens (tertiary/aromatic N) is 3. The van der Waals surface area contributed by atoms with Gasteiger partial charge in [0.25, 0.3) is 5.89 Å². The van der Waals surface area contributed by atoms with Gasteiger partial charge in [-0.3, -0.25) is 0 Å². The van der Waals surface area contributed by atoms with Crippen molar-refractivity contribution in [3.05, 3.63) is 76.3 Å². The highest BCUT2D eigenvalue weighted by atomic mass is 35.5. The average molecular weight is 453 g/mol. The number of halogens is 1. The van der Waals surface area contributed by atoms with Crippen LogP contribution in [0.25, 0.3) is 17.0 Å². The molecule has 0 fully saturated rings. The molecule has 3 aromatic rings. The standard InChI is InChI=1S/C24H25ClN4OS/c1-4-5-12-29-16(3)20(21(26-24(29)31)17-9-7-11-19(25)14-17)23-27-22(28-30-23)18-10-6-8-15(2)13-18/h6-11,13-14,21H,4-5,12H2,1-3H3,(H,26,31). The van der Waals surface area contributed by atoms with Gasteiger partial charge in [0.15, 0.2) is 5.11 Å². The molecule has 1 N–H and O–H groups in total. The molecule has 1 aliphatic rings. The molecule has 0 saturated carbocycles. The predicted molar refractivity (Wildman–Crippen MR) is 129 cm³/mol. The fraction of sp³-hybridized carbons (Fsp3) is 0.292. The average Bonchev–Trinajstić information content (AvgIpc) is 3.23. The lowest BCUT2D eigenvalue weighted by Gasteiger charge is -2.37. The number of unbranched alkanes of at least 4 members (excludes halogenated alkanes) is 1. The summed E-state index contributed by atoms with van der Waals surface area (Å²) < 4.78 is 5.78. The number of allylic oxidation sites excluding steroid dienone is 1. The number of hydrogen-bond donors (Lipinski definition) is 1. The van der Waals surface area contributed by atoms with Crippen molar-refractivity contribution in [2.75, 3.05) is 6.54 Å². The maximum atomic E-state index is 6.29. The smallest absolute Gasteiger partial charge is 0.258 e. The van der Waals surface area contributed by atoms with Gasteiger partial charge in [0, 0.05) is 22.8 Å². The Labute approximate surface area is 193 Å². The van der Waals surface area contributed by atoms with Gasteiger partial charge in [0.05, 0.1) is 11.6 Å². The second kappa shape index (κ2) is 9.20. The number of aromatic nitrogens is 2. The van der Waals surface area contributed by atoms with Gasteiger partial charge in [-0.05, 0) is 56.2 Å². The van der Waals surface area contributed by atoms with Crippen LogP contribution in [0.2, 0.25) is 5.02 Å². The summed E-state index contributed by atoms with van der Waals surface area (Å²) in [6.07, 6.45) is 2.12. The molecule has 2 heterocycles. The van der Waals surface area contributed by atoms with Gasteiger partial charge >= 0.3 is 0 Å². The van der Waals surface area contributed by atoms with Crippen LogP contribution in [-0.4, -0.2) is 26.7 Å². The molecule has 0 amide bonds. The molecular weight excluding hydrogens is 428 g/mol. The zero-order chi connectivity index (χ0) is 22.0. The van der Waals surface area contributed by atoms with Crippen LogP contribution in [0.1, 0.15) is 49.7 Å². The van der Waals surface area contributed by atoms with E-state index in [2.05, 4.69) is 29.2 Å². The molecule has 31 heavy (non-hydrogen) atoms. The first-order valence-corrected chi connectivity index (χ1v) is 11.2. The van der Waals surface area contributed by atoms with Crippen LogP contribution >= 0.6 is 23.8 Å². The minimum atomic E-state index is -0.227. The Morgan fingerprint density at radius 3 is 2.71 bits per heavy atom. The van der Waals surface area contributed by atoms with Gasteiger partial charge in [-0.2, -0.15) is 4.98 Å². The molecule has 0 spiro atoms. The van der Waals surface area contributed by atoms with Gasteiger partial charge in [0.2, 0.25) is 5.82 Å². The monoisotopic (exact) mass is 452 g/mol. The summed E-state index contributed by atoms with van der Waals surface area (Å²) in [7, 11) is 0. The summed E-state index contributed by atoms with van der Waals surface area (Å²) in [6, 6.07) is 15.6. The summed E-state index contributed by atoms with van der Waals surface area (Å²) in [5, 5.41) is 9.09. The molecule has 0 aliphatic carbocycles. The second-order valence-corrected chi connectivity index (χ2v) is 8.56. The maximum absolute atomic E-state index is 6.29. The molecular formula is C24H25ClN4OS. The fourth-order valence-corrected chi connectivity index (χ4v) is 4.36. The zero-order valence-electron chi connectivity index (χ0n) is 17.9. The van der Waals surface area contributed by atoms with Crippen LogP contribution in [0.15, 0.2) is 58.8 Å². The molecule has 1 aromatic heterocycles. The lowest BCUT2D eigenvalue weighted by Crippen LogP contribution is -2.46. The molecule has 1 unspecified atom stereocenters. The predicted octanol–water partition coefficient (Wildman–Crippen LogP) is 6.16. The molecule has 4 rings (SSSR count). The summed E-state index contributed by atoms with van der Waals surface area (Å²) in [6.45, 7) is 7.11. The van der Waals surface area contributed by atoms with Crippen LogP contribution in [0, 0.1) is 6.92 Å². The summed E-state index contributed by atoms with van der Waals surface area (Å²) in [5.41, 5.74) is 5.00. The van der Waals surface area contributed by atoms with E-state index in [1.165, 1.54) is 0 Å². The first-order valence-electron chi connectivity index (χ1n) is 10.4. The third kappa shape index (κ3) is 4.50. The molecule has 0 saturated heterocycles. The van der Waals surface area contributed by atoms with Crippen molar-refractivity contribution in [1.29, 1.82) is 0 Å². The quantitative estimate of drug-likeness (QED) is 0.452. The van der Waals surface area contributed by atoms with E-state index < -0.39 is 0 Å². The topological polar surface area (TPSA) is 54.2 Å². The number of hydrogen-bond acceptors (Lipinski definition) is 4. The summed E-state index contributed by atoms with van der Waals surface area (Å²) in [4.78, 5) is 6.87. The Morgan fingerprint density at radius 2 is 1.97 bits per heavy atom. The maximum Gasteiger partial charge on any atom is 0.258 e. The van der Waals surface area contributed by atoms with Gasteiger partial charge in [0.1, 0.15) is 0 Å². The number of thiocarbonyl (C=S) groups is 1. The third-order valence-corrected chi connectivity index (χ3v) is 6.02. The van der Waals surface area contributed by atoms with Gasteiger partial charge < -0.3 is 14.7 Å². The lowest BCUT2D eigenvalue weighted by atomic mass is 9.94. The highest BCUT2D eigenvalue weighted by molar-refractivity contribution is 7.80. The van der Waals surface area contributed by atoms with Crippen LogP contribution in [0.5, 0.6) is 0 Å². The number of benzene rings is 2. The molecule has 0 radical (unpaired) electrons. The third-order valence-electron chi connectivity index (χ3n) is 5.45. The van der Waals surface area contributed by atoms with E-state index in [1.54, 1.807) is 0 Å². The Hall–Kier alpha value is -2.70.